The Morgan fingerprint density at radius 3 is 2.90 bits per heavy atom. The predicted octanol–water partition coefficient (Wildman–Crippen LogP) is 2.29. The molecule has 1 aromatic heterocycles. The van der Waals surface area contributed by atoms with Crippen molar-refractivity contribution < 1.29 is 9.59 Å². The Kier molecular flexibility index (Phi) is 3.30. The highest BCUT2D eigenvalue weighted by atomic mass is 16.2. The number of aldehydes is 1. The van der Waals surface area contributed by atoms with Gasteiger partial charge in [-0.25, -0.2) is 0 Å². The van der Waals surface area contributed by atoms with E-state index in [-0.39, 0.29) is 12.5 Å². The zero-order chi connectivity index (χ0) is 14.1. The molecule has 3 rings (SSSR count). The lowest BCUT2D eigenvalue weighted by atomic mass is 10.1. The van der Waals surface area contributed by atoms with Crippen molar-refractivity contribution in [3.05, 3.63) is 35.5 Å². The van der Waals surface area contributed by atoms with Gasteiger partial charge >= 0.3 is 0 Å². The van der Waals surface area contributed by atoms with Gasteiger partial charge in [0.05, 0.1) is 5.52 Å². The monoisotopic (exact) mass is 270 g/mol. The van der Waals surface area contributed by atoms with Crippen molar-refractivity contribution in [3.8, 4) is 0 Å². The summed E-state index contributed by atoms with van der Waals surface area (Å²) < 4.78 is 1.90. The molecule has 2 aromatic rings. The van der Waals surface area contributed by atoms with E-state index in [0.717, 1.165) is 42.0 Å². The molecule has 1 amide bonds. The van der Waals surface area contributed by atoms with Gasteiger partial charge in [0.2, 0.25) is 5.91 Å². The van der Waals surface area contributed by atoms with Crippen molar-refractivity contribution in [1.82, 2.24) is 9.88 Å². The maximum absolute atomic E-state index is 12.0. The molecule has 1 fully saturated rings. The minimum atomic E-state index is 0.0211. The fourth-order valence-corrected chi connectivity index (χ4v) is 2.63. The Bertz CT molecular complexity index is 668. The maximum atomic E-state index is 12.0. The van der Waals surface area contributed by atoms with Crippen molar-refractivity contribution in [1.29, 1.82) is 0 Å². The molecule has 20 heavy (non-hydrogen) atoms. The van der Waals surface area contributed by atoms with Crippen molar-refractivity contribution in [2.24, 2.45) is 0 Å². The first-order chi connectivity index (χ1) is 9.72. The first-order valence-corrected chi connectivity index (χ1v) is 7.08. The average Bonchev–Trinajstić information content (AvgIpc) is 3.19. The van der Waals surface area contributed by atoms with Crippen LogP contribution in [0.5, 0.6) is 0 Å². The van der Waals surface area contributed by atoms with Gasteiger partial charge in [-0.15, -0.1) is 0 Å². The molecule has 0 aliphatic heterocycles. The summed E-state index contributed by atoms with van der Waals surface area (Å²) in [7, 11) is 0. The number of aryl methyl sites for hydroxylation is 1. The van der Waals surface area contributed by atoms with Gasteiger partial charge in [-0.1, -0.05) is 25.1 Å². The van der Waals surface area contributed by atoms with Gasteiger partial charge in [0.25, 0.3) is 0 Å². The van der Waals surface area contributed by atoms with Gasteiger partial charge < -0.3 is 9.88 Å². The zero-order valence-electron chi connectivity index (χ0n) is 11.6. The van der Waals surface area contributed by atoms with Gasteiger partial charge in [0, 0.05) is 23.2 Å². The van der Waals surface area contributed by atoms with E-state index < -0.39 is 0 Å². The van der Waals surface area contributed by atoms with Crippen LogP contribution in [-0.4, -0.2) is 22.8 Å². The lowest BCUT2D eigenvalue weighted by Gasteiger charge is -2.09. The number of benzene rings is 1. The van der Waals surface area contributed by atoms with Crippen LogP contribution in [0.3, 0.4) is 0 Å². The average molecular weight is 270 g/mol. The second-order valence-corrected chi connectivity index (χ2v) is 5.34. The fourth-order valence-electron chi connectivity index (χ4n) is 2.63. The number of carbonyl (C=O) groups is 2. The van der Waals surface area contributed by atoms with Crippen LogP contribution in [0.2, 0.25) is 0 Å². The third-order valence-electron chi connectivity index (χ3n) is 3.78. The Labute approximate surface area is 117 Å². The number of rotatable bonds is 5. The fraction of sp³-hybridized carbons (Fsp3) is 0.375. The molecule has 0 spiro atoms. The molecule has 1 aliphatic rings. The standard InChI is InChI=1S/C16H18N2O2/c1-2-11-4-3-5-14-12(10-19)8-18(16(11)14)9-15(20)17-13-6-7-13/h3-5,8,10,13H,2,6-7,9H2,1H3,(H,17,20). The Balaban J connectivity index is 1.99. The highest BCUT2D eigenvalue weighted by Crippen LogP contribution is 2.25. The van der Waals surface area contributed by atoms with Crippen LogP contribution in [0.25, 0.3) is 10.9 Å². The number of hydrogen-bond donors (Lipinski definition) is 1. The predicted molar refractivity (Wildman–Crippen MR) is 77.9 cm³/mol. The zero-order valence-corrected chi connectivity index (χ0v) is 11.6. The highest BCUT2D eigenvalue weighted by molar-refractivity contribution is 5.99. The first kappa shape index (κ1) is 12.9. The molecule has 104 valence electrons. The minimum absolute atomic E-state index is 0.0211. The number of amides is 1. The summed E-state index contributed by atoms with van der Waals surface area (Å²) in [5, 5.41) is 3.91. The Morgan fingerprint density at radius 2 is 2.25 bits per heavy atom. The topological polar surface area (TPSA) is 51.1 Å². The van der Waals surface area contributed by atoms with Crippen molar-refractivity contribution in [2.45, 2.75) is 38.8 Å². The first-order valence-electron chi connectivity index (χ1n) is 7.08. The molecule has 1 aromatic carbocycles. The number of nitrogens with one attached hydrogen (secondary N) is 1. The molecule has 1 saturated carbocycles. The molecule has 1 aliphatic carbocycles. The minimum Gasteiger partial charge on any atom is -0.352 e. The van der Waals surface area contributed by atoms with Gasteiger partial charge in [-0.05, 0) is 24.8 Å². The summed E-state index contributed by atoms with van der Waals surface area (Å²) >= 11 is 0. The van der Waals surface area contributed by atoms with Crippen molar-refractivity contribution in [3.63, 3.8) is 0 Å². The molecule has 1 heterocycles. The van der Waals surface area contributed by atoms with E-state index in [0.29, 0.717) is 11.6 Å². The molecule has 4 nitrogen and oxygen atoms in total. The molecule has 4 heteroatoms. The molecule has 0 atom stereocenters. The van der Waals surface area contributed by atoms with Crippen LogP contribution >= 0.6 is 0 Å². The van der Waals surface area contributed by atoms with Gasteiger partial charge in [0.1, 0.15) is 6.54 Å². The van der Waals surface area contributed by atoms with Crippen LogP contribution in [0.1, 0.15) is 35.7 Å². The van der Waals surface area contributed by atoms with Gasteiger partial charge in [-0.3, -0.25) is 9.59 Å². The summed E-state index contributed by atoms with van der Waals surface area (Å²) in [5.41, 5.74) is 2.81. The summed E-state index contributed by atoms with van der Waals surface area (Å²) in [6.07, 6.45) is 5.68. The SMILES string of the molecule is CCc1cccc2c(C=O)cn(CC(=O)NC3CC3)c12. The lowest BCUT2D eigenvalue weighted by molar-refractivity contribution is -0.121. The Hall–Kier alpha value is -2.10. The molecule has 0 unspecified atom stereocenters. The van der Waals surface area contributed by atoms with E-state index in [1.54, 1.807) is 6.20 Å². The van der Waals surface area contributed by atoms with E-state index in [9.17, 15) is 9.59 Å². The summed E-state index contributed by atoms with van der Waals surface area (Å²) in [6.45, 7) is 2.36. The third-order valence-corrected chi connectivity index (χ3v) is 3.78. The summed E-state index contributed by atoms with van der Waals surface area (Å²) in [5.74, 6) is 0.0211. The van der Waals surface area contributed by atoms with Crippen LogP contribution < -0.4 is 5.32 Å². The molecule has 0 radical (unpaired) electrons. The lowest BCUT2D eigenvalue weighted by Crippen LogP contribution is -2.29. The normalized spacial score (nSPS) is 14.4. The third kappa shape index (κ3) is 2.33. The number of hydrogen-bond acceptors (Lipinski definition) is 2. The number of para-hydroxylation sites is 1. The largest absolute Gasteiger partial charge is 0.352 e. The molecule has 0 saturated heterocycles. The second-order valence-electron chi connectivity index (χ2n) is 5.34. The summed E-state index contributed by atoms with van der Waals surface area (Å²) in [6, 6.07) is 6.31. The van der Waals surface area contributed by atoms with Gasteiger partial charge in [0.15, 0.2) is 6.29 Å². The van der Waals surface area contributed by atoms with Crippen molar-refractivity contribution in [2.75, 3.05) is 0 Å². The summed E-state index contributed by atoms with van der Waals surface area (Å²) in [4.78, 5) is 23.2. The number of aromatic nitrogens is 1. The quantitative estimate of drug-likeness (QED) is 0.847. The van der Waals surface area contributed by atoms with E-state index in [1.807, 2.05) is 22.8 Å². The van der Waals surface area contributed by atoms with E-state index in [4.69, 9.17) is 0 Å². The maximum Gasteiger partial charge on any atom is 0.240 e. The molecular weight excluding hydrogens is 252 g/mol. The van der Waals surface area contributed by atoms with E-state index >= 15 is 0 Å². The van der Waals surface area contributed by atoms with Crippen LogP contribution in [0, 0.1) is 0 Å². The highest BCUT2D eigenvalue weighted by Gasteiger charge is 2.23. The van der Waals surface area contributed by atoms with Crippen LogP contribution in [0.15, 0.2) is 24.4 Å². The second kappa shape index (κ2) is 5.12. The smallest absolute Gasteiger partial charge is 0.240 e. The number of fused-ring (bicyclic) bond motifs is 1. The van der Waals surface area contributed by atoms with Gasteiger partial charge in [-0.2, -0.15) is 0 Å². The van der Waals surface area contributed by atoms with Crippen molar-refractivity contribution >= 4 is 23.1 Å². The number of nitrogens with zero attached hydrogens (tertiary/aromatic N) is 1. The Morgan fingerprint density at radius 1 is 1.45 bits per heavy atom. The molecular formula is C16H18N2O2. The molecule has 0 bridgehead atoms. The molecule has 1 N–H and O–H groups in total. The van der Waals surface area contributed by atoms with E-state index in [2.05, 4.69) is 12.2 Å². The van der Waals surface area contributed by atoms with Crippen LogP contribution in [-0.2, 0) is 17.8 Å². The van der Waals surface area contributed by atoms with E-state index in [1.165, 1.54) is 0 Å². The number of carbonyl (C=O) groups excluding carboxylic acids is 2. The van der Waals surface area contributed by atoms with Crippen LogP contribution in [0.4, 0.5) is 0 Å².